The van der Waals surface area contributed by atoms with Crippen LogP contribution in [0.1, 0.15) is 74.0 Å². The minimum absolute atomic E-state index is 0. The van der Waals surface area contributed by atoms with Crippen molar-refractivity contribution < 1.29 is 124 Å². The van der Waals surface area contributed by atoms with Crippen LogP contribution < -0.4 is 124 Å². The van der Waals surface area contributed by atoms with Crippen LogP contribution in [0.4, 0.5) is 0 Å². The third-order valence-corrected chi connectivity index (χ3v) is 16.9. The first-order valence-electron chi connectivity index (χ1n) is 37.7. The third-order valence-electron chi connectivity index (χ3n) is 16.9. The van der Waals surface area contributed by atoms with Crippen molar-refractivity contribution >= 4 is 29.3 Å². The van der Waals surface area contributed by atoms with E-state index in [2.05, 4.69) is 230 Å². The minimum Gasteiger partial charge on any atom is -1.00 e. The van der Waals surface area contributed by atoms with Gasteiger partial charge < -0.3 is 65.0 Å². The molecule has 0 aromatic carbocycles. The predicted molar refractivity (Wildman–Crippen MR) is 430 cm³/mol. The zero-order chi connectivity index (χ0) is 94.2. The molecule has 13 heterocycles. The Morgan fingerprint density at radius 1 is 0.149 bits per heavy atom. The van der Waals surface area contributed by atoms with E-state index in [1.54, 1.807) is 0 Å². The molecule has 0 fully saturated rings. The Bertz CT molecular complexity index is 3540. The summed E-state index contributed by atoms with van der Waals surface area (Å²) in [5, 5.41) is 101. The van der Waals surface area contributed by atoms with Gasteiger partial charge in [0.15, 0.2) is 0 Å². The van der Waals surface area contributed by atoms with Crippen molar-refractivity contribution in [2.24, 2.45) is 183 Å². The zero-order valence-electron chi connectivity index (χ0n) is 79.7. The molecule has 676 valence electrons. The Morgan fingerprint density at radius 3 is 0.198 bits per heavy atom. The maximum absolute atomic E-state index is 8.42. The van der Waals surface area contributed by atoms with Gasteiger partial charge in [-0.25, -0.2) is 119 Å². The first kappa shape index (κ1) is 119. The molecule has 13 rings (SSSR count). The van der Waals surface area contributed by atoms with E-state index in [0.717, 1.165) is 0 Å². The van der Waals surface area contributed by atoms with Gasteiger partial charge in [0.2, 0.25) is 82.3 Å². The molecular formula is C78H143B4FN26O12. The molecule has 121 heavy (non-hydrogen) atoms. The van der Waals surface area contributed by atoms with Crippen molar-refractivity contribution in [3.8, 4) is 0 Å². The molecule has 13 aromatic rings. The molecule has 0 N–H and O–H groups in total. The van der Waals surface area contributed by atoms with Gasteiger partial charge in [-0.2, -0.15) is 0 Å². The summed E-state index contributed by atoms with van der Waals surface area (Å²) in [5.41, 5.74) is 16.7. The fourth-order valence-electron chi connectivity index (χ4n) is 10.2. The van der Waals surface area contributed by atoms with E-state index >= 15 is 0 Å². The van der Waals surface area contributed by atoms with E-state index in [1.807, 2.05) is 325 Å². The van der Waals surface area contributed by atoms with Gasteiger partial charge in [0.05, 0.1) is 183 Å². The maximum Gasteiger partial charge on any atom is 0.243 e. The largest absolute Gasteiger partial charge is 1.00 e. The Morgan fingerprint density at radius 2 is 0.190 bits per heavy atom. The lowest BCUT2D eigenvalue weighted by Crippen LogP contribution is -3.00. The second-order valence-electron chi connectivity index (χ2n) is 29.3. The Balaban J connectivity index is -0.000000396. The summed E-state index contributed by atoms with van der Waals surface area (Å²) in [4.78, 5) is 0. The van der Waals surface area contributed by atoms with Crippen molar-refractivity contribution in [3.63, 3.8) is 0 Å². The lowest BCUT2D eigenvalue weighted by molar-refractivity contribution is -0.671. The van der Waals surface area contributed by atoms with Crippen LogP contribution in [-0.4, -0.2) is 88.7 Å². The highest BCUT2D eigenvalue weighted by atomic mass is 19.0. The van der Waals surface area contributed by atoms with Crippen molar-refractivity contribution in [2.75, 3.05) is 0 Å². The lowest BCUT2D eigenvalue weighted by atomic mass is 10.3. The number of hydrogen-bond acceptors (Lipinski definition) is 12. The second kappa shape index (κ2) is 61.7. The van der Waals surface area contributed by atoms with E-state index in [0.29, 0.717) is 0 Å². The average molecular weight is 1700 g/mol. The smallest absolute Gasteiger partial charge is 0.243 e. The molecule has 0 atom stereocenters. The fraction of sp³-hybridized carbons (Fsp3) is 0.500. The Kier molecular flexibility index (Phi) is 60.7. The van der Waals surface area contributed by atoms with Crippen LogP contribution in [0.3, 0.4) is 0 Å². The van der Waals surface area contributed by atoms with Crippen molar-refractivity contribution in [3.05, 3.63) is 237 Å². The molecule has 38 nitrogen and oxygen atoms in total. The molecule has 0 amide bonds. The molecule has 43 heteroatoms. The SMILES string of the molecule is Cc1c[n+](C)cn1C.Cc1c[n+](C)cn1C.Cc1c[n+](C)cn1C.Cc1c[n+](C)cn1C.Cc1c[n+](C)cn1C.Cc1c[n+](C)cn1C.Cc1c[n+](C)cn1C.Cc1c[n+](C)cn1C.Cc1c[n+](C)cn1C.Cc1c[n+](C)cn1C.Cc1c[n+](C)cn1C.Cc1c[n+](C)cn1C.Cc1c[n+](C)cn1C.[F-].[O-]B([O-])[O-].[O-]B([O-])[O-].[O-]B([O-])[O-].[O-]B([O-])[O-]. The highest BCUT2D eigenvalue weighted by molar-refractivity contribution is 6.24. The number of hydrogen-bond donors (Lipinski definition) is 0. The van der Waals surface area contributed by atoms with Crippen LogP contribution in [0.15, 0.2) is 163 Å². The highest BCUT2D eigenvalue weighted by Crippen LogP contribution is 1.95. The summed E-state index contributed by atoms with van der Waals surface area (Å²) in [6, 6.07) is 0. The molecule has 13 aromatic heterocycles. The molecule has 0 spiro atoms. The molecule has 0 saturated heterocycles. The van der Waals surface area contributed by atoms with Crippen LogP contribution in [0.2, 0.25) is 0 Å². The van der Waals surface area contributed by atoms with Gasteiger partial charge in [-0.05, 0) is 0 Å². The molecule has 0 aliphatic carbocycles. The quantitative estimate of drug-likeness (QED) is 0.101. The van der Waals surface area contributed by atoms with E-state index in [4.69, 9.17) is 60.3 Å². The molecule has 0 radical (unpaired) electrons. The minimum atomic E-state index is -2.92. The maximum atomic E-state index is 8.42. The fourth-order valence-corrected chi connectivity index (χ4v) is 10.2. The predicted octanol–water partition coefficient (Wildman–Crippen LogP) is -16.7. The van der Waals surface area contributed by atoms with Crippen molar-refractivity contribution in [1.82, 2.24) is 59.4 Å². The molecule has 0 saturated carbocycles. The summed E-state index contributed by atoms with van der Waals surface area (Å²) < 4.78 is 53.6. The summed E-state index contributed by atoms with van der Waals surface area (Å²) in [5.74, 6) is 0. The number of halogens is 1. The summed E-state index contributed by atoms with van der Waals surface area (Å²) in [7, 11) is 41.1. The van der Waals surface area contributed by atoms with Gasteiger partial charge in [-0.15, -0.1) is 0 Å². The highest BCUT2D eigenvalue weighted by Gasteiger charge is 2.07. The van der Waals surface area contributed by atoms with Crippen LogP contribution in [0.5, 0.6) is 0 Å². The number of rotatable bonds is 0. The second-order valence-corrected chi connectivity index (χ2v) is 29.3. The molecule has 0 aliphatic heterocycles. The molecule has 0 bridgehead atoms. The third kappa shape index (κ3) is 59.7. The number of nitrogens with zero attached hydrogens (tertiary/aromatic N) is 26. The number of imidazole rings is 13. The number of aryl methyl sites for hydroxylation is 39. The topological polar surface area (TPSA) is 391 Å². The monoisotopic (exact) mass is 1700 g/mol. The Hall–Kier alpha value is -10.6. The first-order chi connectivity index (χ1) is 55.0. The summed E-state index contributed by atoms with van der Waals surface area (Å²) in [6.07, 6.45) is 53.6. The van der Waals surface area contributed by atoms with Crippen molar-refractivity contribution in [2.45, 2.75) is 90.0 Å². The summed E-state index contributed by atoms with van der Waals surface area (Å²) in [6.45, 7) is 27.1. The van der Waals surface area contributed by atoms with Crippen LogP contribution in [0.25, 0.3) is 0 Å². The molecular weight excluding hydrogens is 1560 g/mol. The van der Waals surface area contributed by atoms with Gasteiger partial charge in [0.1, 0.15) is 155 Å². The van der Waals surface area contributed by atoms with Gasteiger partial charge in [0, 0.05) is 90.0 Å². The van der Waals surface area contributed by atoms with Gasteiger partial charge >= 0.3 is 0 Å². The Labute approximate surface area is 719 Å². The van der Waals surface area contributed by atoms with Crippen LogP contribution >= 0.6 is 0 Å². The summed E-state index contributed by atoms with van der Waals surface area (Å²) >= 11 is 0. The van der Waals surface area contributed by atoms with Crippen LogP contribution in [0, 0.1) is 90.0 Å². The normalized spacial score (nSPS) is 9.38. The van der Waals surface area contributed by atoms with Gasteiger partial charge in [0.25, 0.3) is 0 Å². The van der Waals surface area contributed by atoms with E-state index in [9.17, 15) is 0 Å². The number of aromatic nitrogens is 26. The van der Waals surface area contributed by atoms with E-state index in [1.165, 1.54) is 74.0 Å². The average Bonchev–Trinajstić information content (AvgIpc) is 1.93. The molecule has 0 aliphatic rings. The van der Waals surface area contributed by atoms with Gasteiger partial charge in [-0.3, -0.25) is 29.3 Å². The standard InChI is InChI=1S/13C6H11N2.4BO3.FH/c13*1-6-4-7(2)5-8(6)3;4*2-1(3)4;/h13*4-5H,1-3H3;;;;;1H/q13*+1;4*-3;/p-1. The zero-order valence-corrected chi connectivity index (χ0v) is 79.7. The first-order valence-corrected chi connectivity index (χ1v) is 37.7. The van der Waals surface area contributed by atoms with E-state index in [-0.39, 0.29) is 4.70 Å². The lowest BCUT2D eigenvalue weighted by Gasteiger charge is -2.35. The van der Waals surface area contributed by atoms with Crippen LogP contribution in [-0.2, 0) is 183 Å². The van der Waals surface area contributed by atoms with Crippen molar-refractivity contribution in [1.29, 1.82) is 0 Å². The van der Waals surface area contributed by atoms with Gasteiger partial charge in [-0.1, -0.05) is 0 Å². The van der Waals surface area contributed by atoms with E-state index < -0.39 is 29.3 Å². The molecule has 0 unspecified atom stereocenters.